The molecule has 1 N–H and O–H groups in total. The van der Waals surface area contributed by atoms with E-state index in [-0.39, 0.29) is 17.1 Å². The number of ether oxygens (including phenoxy) is 2. The van der Waals surface area contributed by atoms with Gasteiger partial charge in [-0.15, -0.1) is 0 Å². The van der Waals surface area contributed by atoms with Crippen LogP contribution in [0.15, 0.2) is 36.4 Å². The van der Waals surface area contributed by atoms with Gasteiger partial charge in [0.1, 0.15) is 17.2 Å². The minimum atomic E-state index is -0.621. The van der Waals surface area contributed by atoms with Gasteiger partial charge in [0, 0.05) is 11.6 Å². The fourth-order valence-corrected chi connectivity index (χ4v) is 1.88. The molecule has 0 saturated carbocycles. The fourth-order valence-electron chi connectivity index (χ4n) is 1.88. The predicted molar refractivity (Wildman–Crippen MR) is 76.2 cm³/mol. The fraction of sp³-hybridized carbons (Fsp3) is 0.125. The van der Waals surface area contributed by atoms with Crippen LogP contribution in [-0.2, 0) is 0 Å². The van der Waals surface area contributed by atoms with Gasteiger partial charge in [0.15, 0.2) is 6.29 Å². The van der Waals surface area contributed by atoms with E-state index in [0.29, 0.717) is 23.2 Å². The highest BCUT2D eigenvalue weighted by Gasteiger charge is 2.19. The number of aldehydes is 1. The topological polar surface area (TPSA) is 72.8 Å². The van der Waals surface area contributed by atoms with Crippen molar-refractivity contribution in [2.45, 2.75) is 6.92 Å². The molecule has 0 amide bonds. The van der Waals surface area contributed by atoms with E-state index in [9.17, 15) is 14.7 Å². The zero-order valence-electron chi connectivity index (χ0n) is 11.6. The second-order valence-corrected chi connectivity index (χ2v) is 4.34. The van der Waals surface area contributed by atoms with Gasteiger partial charge >= 0.3 is 5.97 Å². The molecule has 2 aromatic carbocycles. The Kier molecular flexibility index (Phi) is 4.23. The third-order valence-corrected chi connectivity index (χ3v) is 3.06. The van der Waals surface area contributed by atoms with E-state index >= 15 is 0 Å². The van der Waals surface area contributed by atoms with Crippen LogP contribution >= 0.6 is 0 Å². The molecule has 108 valence electrons. The molecule has 0 aliphatic heterocycles. The van der Waals surface area contributed by atoms with Crippen LogP contribution in [0, 0.1) is 6.92 Å². The zero-order chi connectivity index (χ0) is 15.4. The summed E-state index contributed by atoms with van der Waals surface area (Å²) >= 11 is 0. The summed E-state index contributed by atoms with van der Waals surface area (Å²) in [5.74, 6) is -0.600. The number of rotatable bonds is 4. The van der Waals surface area contributed by atoms with Crippen LogP contribution in [0.5, 0.6) is 17.2 Å². The Labute approximate surface area is 121 Å². The van der Waals surface area contributed by atoms with Gasteiger partial charge in [0.25, 0.3) is 0 Å². The third-order valence-electron chi connectivity index (χ3n) is 3.06. The number of hydrogen-bond donors (Lipinski definition) is 1. The molecule has 5 heteroatoms. The van der Waals surface area contributed by atoms with Gasteiger partial charge in [-0.05, 0) is 19.1 Å². The maximum absolute atomic E-state index is 12.0. The van der Waals surface area contributed by atoms with Crippen LogP contribution in [0.3, 0.4) is 0 Å². The van der Waals surface area contributed by atoms with Crippen molar-refractivity contribution in [1.82, 2.24) is 0 Å². The SMILES string of the molecule is COc1cc(OC(=O)c2ccccc2)c(C=O)c(O)c1C. The number of carbonyl (C=O) groups excluding carboxylic acids is 2. The van der Waals surface area contributed by atoms with Crippen LogP contribution in [0.2, 0.25) is 0 Å². The molecule has 0 radical (unpaired) electrons. The Morgan fingerprint density at radius 2 is 1.86 bits per heavy atom. The normalized spacial score (nSPS) is 10.0. The lowest BCUT2D eigenvalue weighted by molar-refractivity contribution is 0.0733. The molecule has 0 aromatic heterocycles. The van der Waals surface area contributed by atoms with Crippen molar-refractivity contribution in [2.75, 3.05) is 7.11 Å². The van der Waals surface area contributed by atoms with E-state index in [0.717, 1.165) is 0 Å². The maximum Gasteiger partial charge on any atom is 0.343 e. The Hall–Kier alpha value is -2.82. The molecule has 21 heavy (non-hydrogen) atoms. The summed E-state index contributed by atoms with van der Waals surface area (Å²) in [7, 11) is 1.42. The van der Waals surface area contributed by atoms with Crippen LogP contribution < -0.4 is 9.47 Å². The summed E-state index contributed by atoms with van der Waals surface area (Å²) in [6.07, 6.45) is 0.440. The lowest BCUT2D eigenvalue weighted by Crippen LogP contribution is -2.10. The highest BCUT2D eigenvalue weighted by atomic mass is 16.5. The van der Waals surface area contributed by atoms with Crippen molar-refractivity contribution in [3.63, 3.8) is 0 Å². The average Bonchev–Trinajstić information content (AvgIpc) is 2.51. The van der Waals surface area contributed by atoms with E-state index in [4.69, 9.17) is 9.47 Å². The molecule has 0 aliphatic rings. The molecule has 0 bridgehead atoms. The Morgan fingerprint density at radius 1 is 1.19 bits per heavy atom. The molecular formula is C16H14O5. The first kappa shape index (κ1) is 14.6. The number of methoxy groups -OCH3 is 1. The molecule has 0 unspecified atom stereocenters. The standard InChI is InChI=1S/C16H14O5/c1-10-13(20-2)8-14(12(9-17)15(10)18)21-16(19)11-6-4-3-5-7-11/h3-9,18H,1-2H3. The summed E-state index contributed by atoms with van der Waals surface area (Å²) in [5, 5.41) is 9.97. The second-order valence-electron chi connectivity index (χ2n) is 4.34. The molecule has 0 fully saturated rings. The number of phenolic OH excluding ortho intramolecular Hbond substituents is 1. The molecule has 0 saturated heterocycles. The van der Waals surface area contributed by atoms with Gasteiger partial charge in [-0.2, -0.15) is 0 Å². The van der Waals surface area contributed by atoms with E-state index in [2.05, 4.69) is 0 Å². The molecule has 0 atom stereocenters. The molecule has 2 rings (SSSR count). The third kappa shape index (κ3) is 2.86. The quantitative estimate of drug-likeness (QED) is 0.531. The van der Waals surface area contributed by atoms with E-state index in [1.54, 1.807) is 37.3 Å². The van der Waals surface area contributed by atoms with Crippen molar-refractivity contribution in [3.8, 4) is 17.2 Å². The Morgan fingerprint density at radius 3 is 2.43 bits per heavy atom. The highest BCUT2D eigenvalue weighted by molar-refractivity contribution is 5.93. The zero-order valence-corrected chi connectivity index (χ0v) is 11.6. The smallest absolute Gasteiger partial charge is 0.343 e. The molecular weight excluding hydrogens is 272 g/mol. The molecule has 0 aliphatic carbocycles. The number of carbonyl (C=O) groups is 2. The van der Waals surface area contributed by atoms with E-state index in [1.807, 2.05) is 0 Å². The summed E-state index contributed by atoms with van der Waals surface area (Å²) < 4.78 is 10.3. The van der Waals surface area contributed by atoms with Crippen LogP contribution in [0.25, 0.3) is 0 Å². The van der Waals surface area contributed by atoms with Crippen LogP contribution in [0.4, 0.5) is 0 Å². The monoisotopic (exact) mass is 286 g/mol. The summed E-state index contributed by atoms with van der Waals surface area (Å²) in [5.41, 5.74) is 0.657. The van der Waals surface area contributed by atoms with Crippen molar-refractivity contribution in [1.29, 1.82) is 0 Å². The van der Waals surface area contributed by atoms with Crippen molar-refractivity contribution >= 4 is 12.3 Å². The largest absolute Gasteiger partial charge is 0.507 e. The van der Waals surface area contributed by atoms with Crippen molar-refractivity contribution in [3.05, 3.63) is 53.1 Å². The Bertz CT molecular complexity index is 677. The first-order valence-corrected chi connectivity index (χ1v) is 6.21. The molecule has 0 heterocycles. The van der Waals surface area contributed by atoms with Crippen molar-refractivity contribution in [2.24, 2.45) is 0 Å². The number of phenols is 1. The number of benzene rings is 2. The van der Waals surface area contributed by atoms with E-state index < -0.39 is 5.97 Å². The van der Waals surface area contributed by atoms with E-state index in [1.165, 1.54) is 13.2 Å². The average molecular weight is 286 g/mol. The Balaban J connectivity index is 2.42. The predicted octanol–water partition coefficient (Wildman–Crippen LogP) is 2.74. The van der Waals surface area contributed by atoms with Crippen LogP contribution in [-0.4, -0.2) is 24.5 Å². The van der Waals surface area contributed by atoms with Crippen molar-refractivity contribution < 1.29 is 24.2 Å². The minimum absolute atomic E-state index is 0.0428. The first-order valence-electron chi connectivity index (χ1n) is 6.21. The number of aromatic hydroxyl groups is 1. The maximum atomic E-state index is 12.0. The molecule has 2 aromatic rings. The van der Waals surface area contributed by atoms with Gasteiger partial charge in [0.05, 0.1) is 18.2 Å². The van der Waals surface area contributed by atoms with Gasteiger partial charge < -0.3 is 14.6 Å². The molecule has 5 nitrogen and oxygen atoms in total. The van der Waals surface area contributed by atoms with Crippen LogP contribution in [0.1, 0.15) is 26.3 Å². The summed E-state index contributed by atoms with van der Waals surface area (Å²) in [6, 6.07) is 9.76. The molecule has 0 spiro atoms. The van der Waals surface area contributed by atoms with Gasteiger partial charge in [-0.3, -0.25) is 4.79 Å². The second kappa shape index (κ2) is 6.09. The van der Waals surface area contributed by atoms with Gasteiger partial charge in [-0.1, -0.05) is 18.2 Å². The summed E-state index contributed by atoms with van der Waals surface area (Å²) in [6.45, 7) is 1.60. The number of esters is 1. The minimum Gasteiger partial charge on any atom is -0.507 e. The first-order chi connectivity index (χ1) is 10.1. The summed E-state index contributed by atoms with van der Waals surface area (Å²) in [4.78, 5) is 23.1. The highest BCUT2D eigenvalue weighted by Crippen LogP contribution is 2.37. The van der Waals surface area contributed by atoms with Gasteiger partial charge in [0.2, 0.25) is 0 Å². The lowest BCUT2D eigenvalue weighted by Gasteiger charge is -2.13. The van der Waals surface area contributed by atoms with Gasteiger partial charge in [-0.25, -0.2) is 4.79 Å². The lowest BCUT2D eigenvalue weighted by atomic mass is 10.1. The number of hydrogen-bond acceptors (Lipinski definition) is 5.